The van der Waals surface area contributed by atoms with Gasteiger partial charge in [0.15, 0.2) is 0 Å². The van der Waals surface area contributed by atoms with E-state index in [9.17, 15) is 0 Å². The molecular formula is C10H17N3. The summed E-state index contributed by atoms with van der Waals surface area (Å²) in [6.07, 6.45) is 5.95. The first-order valence-corrected chi connectivity index (χ1v) is 5.14. The number of nitrogens with zero attached hydrogens (tertiary/aromatic N) is 3. The Balaban J connectivity index is 1.81. The molecule has 0 amide bonds. The number of aryl methyl sites for hydroxylation is 1. The van der Waals surface area contributed by atoms with E-state index in [-0.39, 0.29) is 0 Å². The number of hydrogen-bond acceptors (Lipinski definition) is 2. The van der Waals surface area contributed by atoms with Gasteiger partial charge in [0.2, 0.25) is 0 Å². The van der Waals surface area contributed by atoms with Gasteiger partial charge < -0.3 is 0 Å². The molecule has 1 aromatic heterocycles. The third-order valence-corrected chi connectivity index (χ3v) is 3.01. The molecule has 13 heavy (non-hydrogen) atoms. The molecule has 0 aromatic carbocycles. The van der Waals surface area contributed by atoms with E-state index in [1.807, 2.05) is 17.9 Å². The molecule has 72 valence electrons. The Morgan fingerprint density at radius 2 is 2.23 bits per heavy atom. The first-order valence-electron chi connectivity index (χ1n) is 5.14. The van der Waals surface area contributed by atoms with Crippen molar-refractivity contribution < 1.29 is 0 Å². The Bertz CT molecular complexity index is 273. The Morgan fingerprint density at radius 3 is 2.77 bits per heavy atom. The lowest BCUT2D eigenvalue weighted by Crippen LogP contribution is -2.27. The molecule has 1 aliphatic rings. The lowest BCUT2D eigenvalue weighted by molar-refractivity contribution is 0.161. The van der Waals surface area contributed by atoms with E-state index in [4.69, 9.17) is 0 Å². The average molecular weight is 179 g/mol. The number of hydrogen-bond donors (Lipinski definition) is 0. The highest BCUT2D eigenvalue weighted by atomic mass is 15.3. The molecule has 1 fully saturated rings. The molecule has 1 aliphatic carbocycles. The van der Waals surface area contributed by atoms with Crippen molar-refractivity contribution in [1.82, 2.24) is 14.8 Å². The molecule has 0 radical (unpaired) electrons. The minimum Gasteiger partial charge on any atom is -0.252 e. The van der Waals surface area contributed by atoms with Crippen LogP contribution in [-0.2, 0) is 6.54 Å². The molecule has 0 saturated heterocycles. The third kappa shape index (κ3) is 1.90. The monoisotopic (exact) mass is 179 g/mol. The summed E-state index contributed by atoms with van der Waals surface area (Å²) in [5.41, 5.74) is 0. The highest BCUT2D eigenvalue weighted by Crippen LogP contribution is 2.36. The highest BCUT2D eigenvalue weighted by Gasteiger charge is 2.27. The van der Waals surface area contributed by atoms with Crippen LogP contribution in [0.3, 0.4) is 0 Å². The largest absolute Gasteiger partial charge is 0.252 e. The van der Waals surface area contributed by atoms with E-state index < -0.39 is 0 Å². The number of aromatic nitrogens is 3. The van der Waals surface area contributed by atoms with Gasteiger partial charge in [0.25, 0.3) is 0 Å². The van der Waals surface area contributed by atoms with Crippen molar-refractivity contribution in [2.75, 3.05) is 0 Å². The lowest BCUT2D eigenvalue weighted by atomic mass is 9.74. The zero-order chi connectivity index (χ0) is 9.26. The van der Waals surface area contributed by atoms with Gasteiger partial charge in [0.05, 0.1) is 0 Å². The van der Waals surface area contributed by atoms with Gasteiger partial charge in [-0.2, -0.15) is 5.10 Å². The van der Waals surface area contributed by atoms with Gasteiger partial charge in [0, 0.05) is 6.54 Å². The average Bonchev–Trinajstić information content (AvgIpc) is 2.43. The SMILES string of the molecule is CCC1CC(Cn2cnc(C)n2)C1. The standard InChI is InChI=1S/C10H17N3/c1-3-9-4-10(5-9)6-13-7-11-8(2)12-13/h7,9-10H,3-6H2,1-2H3. The summed E-state index contributed by atoms with van der Waals surface area (Å²) in [4.78, 5) is 4.12. The molecule has 1 saturated carbocycles. The second-order valence-electron chi connectivity index (χ2n) is 4.13. The van der Waals surface area contributed by atoms with E-state index in [1.54, 1.807) is 0 Å². The quantitative estimate of drug-likeness (QED) is 0.710. The summed E-state index contributed by atoms with van der Waals surface area (Å²) in [6, 6.07) is 0. The van der Waals surface area contributed by atoms with E-state index in [2.05, 4.69) is 17.0 Å². The van der Waals surface area contributed by atoms with Gasteiger partial charge in [-0.15, -0.1) is 0 Å². The van der Waals surface area contributed by atoms with Crippen LogP contribution in [0.15, 0.2) is 6.33 Å². The van der Waals surface area contributed by atoms with Gasteiger partial charge in [-0.3, -0.25) is 4.68 Å². The van der Waals surface area contributed by atoms with Crippen molar-refractivity contribution in [3.8, 4) is 0 Å². The highest BCUT2D eigenvalue weighted by molar-refractivity contribution is 4.81. The predicted molar refractivity (Wildman–Crippen MR) is 51.3 cm³/mol. The maximum atomic E-state index is 4.29. The Hall–Kier alpha value is -0.860. The molecule has 2 rings (SSSR count). The maximum Gasteiger partial charge on any atom is 0.147 e. The van der Waals surface area contributed by atoms with Crippen molar-refractivity contribution in [1.29, 1.82) is 0 Å². The van der Waals surface area contributed by atoms with Crippen molar-refractivity contribution in [2.24, 2.45) is 11.8 Å². The summed E-state index contributed by atoms with van der Waals surface area (Å²) in [6.45, 7) is 5.28. The first kappa shape index (κ1) is 8.73. The fourth-order valence-corrected chi connectivity index (χ4v) is 2.10. The van der Waals surface area contributed by atoms with Crippen LogP contribution in [0.4, 0.5) is 0 Å². The van der Waals surface area contributed by atoms with Crippen LogP contribution in [0.5, 0.6) is 0 Å². The Kier molecular flexibility index (Phi) is 2.34. The van der Waals surface area contributed by atoms with Crippen molar-refractivity contribution in [3.05, 3.63) is 12.2 Å². The molecule has 0 atom stereocenters. The smallest absolute Gasteiger partial charge is 0.147 e. The molecule has 1 heterocycles. The molecular weight excluding hydrogens is 162 g/mol. The zero-order valence-corrected chi connectivity index (χ0v) is 8.40. The lowest BCUT2D eigenvalue weighted by Gasteiger charge is -2.34. The molecule has 0 unspecified atom stereocenters. The van der Waals surface area contributed by atoms with Crippen LogP contribution < -0.4 is 0 Å². The van der Waals surface area contributed by atoms with E-state index >= 15 is 0 Å². The van der Waals surface area contributed by atoms with Crippen LogP contribution in [0.2, 0.25) is 0 Å². The normalized spacial score (nSPS) is 27.2. The van der Waals surface area contributed by atoms with Crippen LogP contribution in [0.1, 0.15) is 32.0 Å². The first-order chi connectivity index (χ1) is 6.28. The maximum absolute atomic E-state index is 4.29. The number of rotatable bonds is 3. The van der Waals surface area contributed by atoms with Crippen molar-refractivity contribution >= 4 is 0 Å². The molecule has 3 heteroatoms. The molecule has 0 bridgehead atoms. The minimum atomic E-state index is 0.853. The predicted octanol–water partition coefficient (Wildman–Crippen LogP) is 2.02. The molecule has 0 N–H and O–H groups in total. The second-order valence-corrected chi connectivity index (χ2v) is 4.13. The van der Waals surface area contributed by atoms with Crippen LogP contribution in [0, 0.1) is 18.8 Å². The molecule has 0 aliphatic heterocycles. The minimum absolute atomic E-state index is 0.853. The molecule has 3 nitrogen and oxygen atoms in total. The van der Waals surface area contributed by atoms with Gasteiger partial charge >= 0.3 is 0 Å². The van der Waals surface area contributed by atoms with E-state index in [1.165, 1.54) is 19.3 Å². The summed E-state index contributed by atoms with van der Waals surface area (Å²) in [7, 11) is 0. The van der Waals surface area contributed by atoms with Crippen LogP contribution in [-0.4, -0.2) is 14.8 Å². The van der Waals surface area contributed by atoms with Gasteiger partial charge in [0.1, 0.15) is 12.2 Å². The molecule has 0 spiro atoms. The fourth-order valence-electron chi connectivity index (χ4n) is 2.10. The van der Waals surface area contributed by atoms with Crippen LogP contribution >= 0.6 is 0 Å². The molecule has 1 aromatic rings. The van der Waals surface area contributed by atoms with Crippen LogP contribution in [0.25, 0.3) is 0 Å². The summed E-state index contributed by atoms with van der Waals surface area (Å²) in [5, 5.41) is 4.29. The van der Waals surface area contributed by atoms with E-state index in [0.29, 0.717) is 0 Å². The summed E-state index contributed by atoms with van der Waals surface area (Å²) >= 11 is 0. The zero-order valence-electron chi connectivity index (χ0n) is 8.40. The second kappa shape index (κ2) is 3.48. The van der Waals surface area contributed by atoms with Gasteiger partial charge in [-0.1, -0.05) is 13.3 Å². The Labute approximate surface area is 79.2 Å². The van der Waals surface area contributed by atoms with Crippen molar-refractivity contribution in [2.45, 2.75) is 39.7 Å². The third-order valence-electron chi connectivity index (χ3n) is 3.01. The van der Waals surface area contributed by atoms with Gasteiger partial charge in [-0.25, -0.2) is 4.98 Å². The summed E-state index contributed by atoms with van der Waals surface area (Å²) < 4.78 is 1.98. The van der Waals surface area contributed by atoms with Crippen molar-refractivity contribution in [3.63, 3.8) is 0 Å². The van der Waals surface area contributed by atoms with Gasteiger partial charge in [-0.05, 0) is 31.6 Å². The topological polar surface area (TPSA) is 30.7 Å². The fraction of sp³-hybridized carbons (Fsp3) is 0.800. The van der Waals surface area contributed by atoms with E-state index in [0.717, 1.165) is 24.2 Å². The Morgan fingerprint density at radius 1 is 1.46 bits per heavy atom. The summed E-state index contributed by atoms with van der Waals surface area (Å²) in [5.74, 6) is 2.71.